The zero-order valence-electron chi connectivity index (χ0n) is 10.7. The van der Waals surface area contributed by atoms with Crippen LogP contribution in [0.25, 0.3) is 0 Å². The molecule has 0 aromatic rings. The SMILES string of the molecule is CCCCC(CC)CC(=O)N1CC[C@@H](N)C1. The Balaban J connectivity index is 2.30. The highest BCUT2D eigenvalue weighted by molar-refractivity contribution is 5.76. The molecule has 2 N–H and O–H groups in total. The minimum atomic E-state index is 0.208. The zero-order valence-corrected chi connectivity index (χ0v) is 10.7. The second kappa shape index (κ2) is 6.89. The third-order valence-corrected chi connectivity index (χ3v) is 3.58. The van der Waals surface area contributed by atoms with Gasteiger partial charge in [-0.25, -0.2) is 0 Å². The van der Waals surface area contributed by atoms with Gasteiger partial charge in [0, 0.05) is 25.6 Å². The Kier molecular flexibility index (Phi) is 5.81. The monoisotopic (exact) mass is 226 g/mol. The van der Waals surface area contributed by atoms with Crippen LogP contribution >= 0.6 is 0 Å². The van der Waals surface area contributed by atoms with Gasteiger partial charge in [0.2, 0.25) is 5.91 Å². The minimum Gasteiger partial charge on any atom is -0.341 e. The Morgan fingerprint density at radius 1 is 1.50 bits per heavy atom. The molecule has 1 aliphatic heterocycles. The summed E-state index contributed by atoms with van der Waals surface area (Å²) in [6.07, 6.45) is 6.47. The van der Waals surface area contributed by atoms with Crippen molar-refractivity contribution in [2.75, 3.05) is 13.1 Å². The van der Waals surface area contributed by atoms with E-state index in [1.54, 1.807) is 0 Å². The molecule has 16 heavy (non-hydrogen) atoms. The van der Waals surface area contributed by atoms with Gasteiger partial charge in [-0.15, -0.1) is 0 Å². The molecule has 1 unspecified atom stereocenters. The predicted molar refractivity (Wildman–Crippen MR) is 67.1 cm³/mol. The predicted octanol–water partition coefficient (Wildman–Crippen LogP) is 2.15. The maximum atomic E-state index is 12.0. The molecule has 1 rings (SSSR count). The molecular formula is C13H26N2O. The van der Waals surface area contributed by atoms with E-state index in [-0.39, 0.29) is 6.04 Å². The summed E-state index contributed by atoms with van der Waals surface area (Å²) < 4.78 is 0. The van der Waals surface area contributed by atoms with Crippen LogP contribution < -0.4 is 5.73 Å². The first-order chi connectivity index (χ1) is 7.67. The molecule has 1 heterocycles. The number of hydrogen-bond acceptors (Lipinski definition) is 2. The molecule has 3 nitrogen and oxygen atoms in total. The van der Waals surface area contributed by atoms with Crippen LogP contribution in [-0.4, -0.2) is 29.9 Å². The Labute approximate surface area is 99.4 Å². The van der Waals surface area contributed by atoms with Gasteiger partial charge in [-0.05, 0) is 18.8 Å². The van der Waals surface area contributed by atoms with Gasteiger partial charge in [0.05, 0.1) is 0 Å². The van der Waals surface area contributed by atoms with Crippen LogP contribution in [0, 0.1) is 5.92 Å². The molecule has 0 aromatic carbocycles. The van der Waals surface area contributed by atoms with E-state index in [1.165, 1.54) is 19.3 Å². The van der Waals surface area contributed by atoms with Gasteiger partial charge >= 0.3 is 0 Å². The van der Waals surface area contributed by atoms with Crippen molar-refractivity contribution < 1.29 is 4.79 Å². The quantitative estimate of drug-likeness (QED) is 0.754. The van der Waals surface area contributed by atoms with Crippen LogP contribution in [0.15, 0.2) is 0 Å². The lowest BCUT2D eigenvalue weighted by Crippen LogP contribution is -2.32. The Bertz CT molecular complexity index is 218. The summed E-state index contributed by atoms with van der Waals surface area (Å²) in [6, 6.07) is 0.208. The molecule has 0 bridgehead atoms. The fourth-order valence-electron chi connectivity index (χ4n) is 2.33. The highest BCUT2D eigenvalue weighted by Gasteiger charge is 2.24. The van der Waals surface area contributed by atoms with Crippen LogP contribution in [-0.2, 0) is 4.79 Å². The molecule has 2 atom stereocenters. The third-order valence-electron chi connectivity index (χ3n) is 3.58. The lowest BCUT2D eigenvalue weighted by atomic mass is 9.95. The minimum absolute atomic E-state index is 0.208. The molecule has 1 amide bonds. The first-order valence-electron chi connectivity index (χ1n) is 6.70. The lowest BCUT2D eigenvalue weighted by molar-refractivity contribution is -0.131. The van der Waals surface area contributed by atoms with Crippen LogP contribution in [0.3, 0.4) is 0 Å². The van der Waals surface area contributed by atoms with Gasteiger partial charge < -0.3 is 10.6 Å². The number of rotatable bonds is 6. The van der Waals surface area contributed by atoms with Crippen LogP contribution in [0.5, 0.6) is 0 Å². The average Bonchev–Trinajstić information content (AvgIpc) is 2.70. The number of nitrogens with two attached hydrogens (primary N) is 1. The van der Waals surface area contributed by atoms with E-state index in [1.807, 2.05) is 4.90 Å². The van der Waals surface area contributed by atoms with E-state index in [0.717, 1.165) is 32.4 Å². The lowest BCUT2D eigenvalue weighted by Gasteiger charge is -2.20. The number of carbonyl (C=O) groups is 1. The molecule has 3 heteroatoms. The largest absolute Gasteiger partial charge is 0.341 e. The molecular weight excluding hydrogens is 200 g/mol. The van der Waals surface area contributed by atoms with Crippen molar-refractivity contribution in [2.45, 2.75) is 58.4 Å². The van der Waals surface area contributed by atoms with Crippen molar-refractivity contribution >= 4 is 5.91 Å². The van der Waals surface area contributed by atoms with Crippen molar-refractivity contribution in [3.05, 3.63) is 0 Å². The summed E-state index contributed by atoms with van der Waals surface area (Å²) in [5.74, 6) is 0.889. The molecule has 1 saturated heterocycles. The third kappa shape index (κ3) is 4.12. The van der Waals surface area contributed by atoms with Crippen LogP contribution in [0.4, 0.5) is 0 Å². The van der Waals surface area contributed by atoms with Gasteiger partial charge in [-0.2, -0.15) is 0 Å². The van der Waals surface area contributed by atoms with E-state index >= 15 is 0 Å². The molecule has 0 aromatic heterocycles. The number of unbranched alkanes of at least 4 members (excludes halogenated alkanes) is 1. The van der Waals surface area contributed by atoms with Crippen molar-refractivity contribution in [2.24, 2.45) is 11.7 Å². The number of likely N-dealkylation sites (tertiary alicyclic amines) is 1. The first kappa shape index (κ1) is 13.5. The van der Waals surface area contributed by atoms with Crippen LogP contribution in [0.2, 0.25) is 0 Å². The van der Waals surface area contributed by atoms with Gasteiger partial charge in [0.25, 0.3) is 0 Å². The Morgan fingerprint density at radius 2 is 2.25 bits per heavy atom. The Morgan fingerprint density at radius 3 is 2.75 bits per heavy atom. The van der Waals surface area contributed by atoms with Gasteiger partial charge in [-0.3, -0.25) is 4.79 Å². The fourth-order valence-corrected chi connectivity index (χ4v) is 2.33. The second-order valence-corrected chi connectivity index (χ2v) is 5.01. The molecule has 1 fully saturated rings. The second-order valence-electron chi connectivity index (χ2n) is 5.01. The Hall–Kier alpha value is -0.570. The van der Waals surface area contributed by atoms with Gasteiger partial charge in [-0.1, -0.05) is 33.1 Å². The number of amides is 1. The summed E-state index contributed by atoms with van der Waals surface area (Å²) in [7, 11) is 0. The standard InChI is InChI=1S/C13H26N2O/c1-3-5-6-11(4-2)9-13(16)15-8-7-12(14)10-15/h11-12H,3-10,14H2,1-2H3/t11?,12-/m1/s1. The highest BCUT2D eigenvalue weighted by Crippen LogP contribution is 2.19. The molecule has 0 saturated carbocycles. The molecule has 1 aliphatic rings. The summed E-state index contributed by atoms with van der Waals surface area (Å²) in [5.41, 5.74) is 5.81. The zero-order chi connectivity index (χ0) is 12.0. The van der Waals surface area contributed by atoms with E-state index in [9.17, 15) is 4.79 Å². The maximum absolute atomic E-state index is 12.0. The smallest absolute Gasteiger partial charge is 0.222 e. The topological polar surface area (TPSA) is 46.3 Å². The fraction of sp³-hybridized carbons (Fsp3) is 0.923. The first-order valence-corrected chi connectivity index (χ1v) is 6.70. The van der Waals surface area contributed by atoms with E-state index in [0.29, 0.717) is 11.8 Å². The van der Waals surface area contributed by atoms with E-state index < -0.39 is 0 Å². The maximum Gasteiger partial charge on any atom is 0.222 e. The van der Waals surface area contributed by atoms with Crippen molar-refractivity contribution in [1.29, 1.82) is 0 Å². The van der Waals surface area contributed by atoms with Crippen LogP contribution in [0.1, 0.15) is 52.4 Å². The number of nitrogens with zero attached hydrogens (tertiary/aromatic N) is 1. The summed E-state index contributed by atoms with van der Waals surface area (Å²) in [6.45, 7) is 6.02. The van der Waals surface area contributed by atoms with E-state index in [2.05, 4.69) is 13.8 Å². The van der Waals surface area contributed by atoms with Crippen molar-refractivity contribution in [3.63, 3.8) is 0 Å². The number of hydrogen-bond donors (Lipinski definition) is 1. The molecule has 94 valence electrons. The summed E-state index contributed by atoms with van der Waals surface area (Å²) >= 11 is 0. The summed E-state index contributed by atoms with van der Waals surface area (Å²) in [5, 5.41) is 0. The van der Waals surface area contributed by atoms with Gasteiger partial charge in [0.1, 0.15) is 0 Å². The van der Waals surface area contributed by atoms with Crippen molar-refractivity contribution in [1.82, 2.24) is 4.90 Å². The molecule has 0 radical (unpaired) electrons. The average molecular weight is 226 g/mol. The van der Waals surface area contributed by atoms with Gasteiger partial charge in [0.15, 0.2) is 0 Å². The normalized spacial score (nSPS) is 22.4. The van der Waals surface area contributed by atoms with Crippen molar-refractivity contribution in [3.8, 4) is 0 Å². The summed E-state index contributed by atoms with van der Waals surface area (Å²) in [4.78, 5) is 13.9. The van der Waals surface area contributed by atoms with E-state index in [4.69, 9.17) is 5.73 Å². The molecule has 0 aliphatic carbocycles. The highest BCUT2D eigenvalue weighted by atomic mass is 16.2. The molecule has 0 spiro atoms. The number of carbonyl (C=O) groups excluding carboxylic acids is 1.